The minimum atomic E-state index is -0.931. The zero-order valence-corrected chi connectivity index (χ0v) is 16.8. The van der Waals surface area contributed by atoms with Crippen LogP contribution in [0.2, 0.25) is 0 Å². The third-order valence-electron chi connectivity index (χ3n) is 6.59. The lowest BCUT2D eigenvalue weighted by atomic mass is 9.82. The molecule has 1 aromatic heterocycles. The molecule has 2 bridgehead atoms. The Balaban J connectivity index is 1.60. The van der Waals surface area contributed by atoms with Gasteiger partial charge in [-0.05, 0) is 49.0 Å². The van der Waals surface area contributed by atoms with Gasteiger partial charge in [0.05, 0.1) is 17.4 Å². The van der Waals surface area contributed by atoms with Gasteiger partial charge in [-0.3, -0.25) is 14.4 Å². The summed E-state index contributed by atoms with van der Waals surface area (Å²) in [5.74, 6) is -2.59. The second-order valence-corrected chi connectivity index (χ2v) is 9.40. The Morgan fingerprint density at radius 2 is 1.96 bits per heavy atom. The second kappa shape index (κ2) is 7.35. The molecule has 1 saturated carbocycles. The lowest BCUT2D eigenvalue weighted by Gasteiger charge is -2.23. The Hall–Kier alpha value is -2.15. The summed E-state index contributed by atoms with van der Waals surface area (Å²) >= 11 is 1.44. The van der Waals surface area contributed by atoms with Crippen molar-refractivity contribution in [2.45, 2.75) is 45.4 Å². The van der Waals surface area contributed by atoms with E-state index in [1.165, 1.54) is 11.3 Å². The average Bonchev–Trinajstić information content (AvgIpc) is 3.33. The molecule has 0 aromatic carbocycles. The van der Waals surface area contributed by atoms with Crippen LogP contribution in [0, 0.1) is 29.6 Å². The smallest absolute Gasteiger partial charge is 0.307 e. The quantitative estimate of drug-likeness (QED) is 0.635. The van der Waals surface area contributed by atoms with Crippen molar-refractivity contribution in [3.63, 3.8) is 0 Å². The lowest BCUT2D eigenvalue weighted by molar-refractivity contribution is -0.146. The standard InChI is InChI=1S/C21H26N2O4S/c1-2-3-10-4-7-13-14(8-10)28-20(17(13)18(22)24)23-19(25)15-11-5-6-12(9-11)16(15)21(26)27/h5-6,10-12,15-16H,2-4,7-9H2,1H3,(H2,22,24)(H,23,25)(H,26,27). The summed E-state index contributed by atoms with van der Waals surface area (Å²) in [6.45, 7) is 2.17. The normalized spacial score (nSPS) is 30.2. The van der Waals surface area contributed by atoms with E-state index < -0.39 is 23.7 Å². The topological polar surface area (TPSA) is 109 Å². The maximum absolute atomic E-state index is 13.0. The van der Waals surface area contributed by atoms with Crippen LogP contribution in [0.15, 0.2) is 12.2 Å². The molecule has 5 unspecified atom stereocenters. The summed E-state index contributed by atoms with van der Waals surface area (Å²) in [6, 6.07) is 0. The third-order valence-corrected chi connectivity index (χ3v) is 7.76. The number of primary amides is 1. The molecule has 2 amide bonds. The molecule has 0 spiro atoms. The first-order chi connectivity index (χ1) is 13.4. The van der Waals surface area contributed by atoms with Gasteiger partial charge < -0.3 is 16.2 Å². The number of carbonyl (C=O) groups excluding carboxylic acids is 2. The first-order valence-electron chi connectivity index (χ1n) is 10.1. The highest BCUT2D eigenvalue weighted by molar-refractivity contribution is 7.17. The molecule has 3 aliphatic rings. The van der Waals surface area contributed by atoms with Gasteiger partial charge in [0, 0.05) is 4.88 Å². The Kier molecular flexibility index (Phi) is 5.04. The monoisotopic (exact) mass is 402 g/mol. The first-order valence-corrected chi connectivity index (χ1v) is 10.9. The van der Waals surface area contributed by atoms with Crippen molar-refractivity contribution in [3.05, 3.63) is 28.2 Å². The Morgan fingerprint density at radius 3 is 2.61 bits per heavy atom. The Labute approximate surface area is 168 Å². The fourth-order valence-corrected chi connectivity index (χ4v) is 6.74. The largest absolute Gasteiger partial charge is 0.481 e. The fourth-order valence-electron chi connectivity index (χ4n) is 5.37. The summed E-state index contributed by atoms with van der Waals surface area (Å²) in [7, 11) is 0. The molecule has 150 valence electrons. The van der Waals surface area contributed by atoms with Gasteiger partial charge in [0.2, 0.25) is 5.91 Å². The van der Waals surface area contributed by atoms with Gasteiger partial charge in [-0.15, -0.1) is 11.3 Å². The van der Waals surface area contributed by atoms with Crippen molar-refractivity contribution in [3.8, 4) is 0 Å². The van der Waals surface area contributed by atoms with Gasteiger partial charge >= 0.3 is 5.97 Å². The minimum Gasteiger partial charge on any atom is -0.481 e. The number of hydrogen-bond donors (Lipinski definition) is 3. The summed E-state index contributed by atoms with van der Waals surface area (Å²) < 4.78 is 0. The van der Waals surface area contributed by atoms with Crippen LogP contribution in [-0.2, 0) is 22.4 Å². The molecule has 28 heavy (non-hydrogen) atoms. The highest BCUT2D eigenvalue weighted by Gasteiger charge is 2.51. The molecule has 7 heteroatoms. The number of fused-ring (bicyclic) bond motifs is 3. The maximum atomic E-state index is 13.0. The van der Waals surface area contributed by atoms with E-state index in [0.29, 0.717) is 22.9 Å². The molecule has 0 aliphatic heterocycles. The molecule has 5 atom stereocenters. The van der Waals surface area contributed by atoms with E-state index >= 15 is 0 Å². The van der Waals surface area contributed by atoms with Crippen LogP contribution in [0.4, 0.5) is 5.00 Å². The number of aliphatic carboxylic acids is 1. The number of carboxylic acid groups (broad SMARTS) is 1. The SMILES string of the molecule is CCCC1CCc2c(sc(NC(=O)C3C4C=CC(C4)C3C(=O)O)c2C(N)=O)C1. The summed E-state index contributed by atoms with van der Waals surface area (Å²) in [6.07, 6.45) is 9.62. The molecule has 1 fully saturated rings. The van der Waals surface area contributed by atoms with Crippen molar-refractivity contribution in [2.24, 2.45) is 35.3 Å². The van der Waals surface area contributed by atoms with E-state index in [0.717, 1.165) is 42.5 Å². The van der Waals surface area contributed by atoms with Gasteiger partial charge in [-0.1, -0.05) is 31.9 Å². The van der Waals surface area contributed by atoms with Crippen LogP contribution in [0.3, 0.4) is 0 Å². The molecule has 4 rings (SSSR count). The predicted molar refractivity (Wildman–Crippen MR) is 107 cm³/mol. The number of carboxylic acids is 1. The van der Waals surface area contributed by atoms with Crippen LogP contribution in [0.5, 0.6) is 0 Å². The molecule has 0 radical (unpaired) electrons. The van der Waals surface area contributed by atoms with Crippen molar-refractivity contribution < 1.29 is 19.5 Å². The van der Waals surface area contributed by atoms with Crippen molar-refractivity contribution >= 4 is 34.1 Å². The number of nitrogens with two attached hydrogens (primary N) is 1. The van der Waals surface area contributed by atoms with E-state index in [9.17, 15) is 19.5 Å². The Bertz CT molecular complexity index is 859. The molecule has 1 aromatic rings. The molecular formula is C21H26N2O4S. The number of hydrogen-bond acceptors (Lipinski definition) is 4. The molecule has 0 saturated heterocycles. The van der Waals surface area contributed by atoms with Crippen LogP contribution < -0.4 is 11.1 Å². The molecular weight excluding hydrogens is 376 g/mol. The third kappa shape index (κ3) is 3.15. The van der Waals surface area contributed by atoms with Gasteiger partial charge in [0.15, 0.2) is 0 Å². The van der Waals surface area contributed by atoms with Gasteiger partial charge in [-0.2, -0.15) is 0 Å². The number of amides is 2. The number of allylic oxidation sites excluding steroid dienone is 2. The minimum absolute atomic E-state index is 0.0494. The molecule has 4 N–H and O–H groups in total. The molecule has 1 heterocycles. The van der Waals surface area contributed by atoms with Crippen LogP contribution >= 0.6 is 11.3 Å². The highest BCUT2D eigenvalue weighted by Crippen LogP contribution is 2.49. The summed E-state index contributed by atoms with van der Waals surface area (Å²) in [5.41, 5.74) is 7.05. The Morgan fingerprint density at radius 1 is 1.25 bits per heavy atom. The molecule has 6 nitrogen and oxygen atoms in total. The van der Waals surface area contributed by atoms with E-state index in [-0.39, 0.29) is 17.7 Å². The summed E-state index contributed by atoms with van der Waals surface area (Å²) in [5, 5.41) is 13.0. The number of anilines is 1. The second-order valence-electron chi connectivity index (χ2n) is 8.30. The fraction of sp³-hybridized carbons (Fsp3) is 0.571. The van der Waals surface area contributed by atoms with Crippen molar-refractivity contribution in [2.75, 3.05) is 5.32 Å². The van der Waals surface area contributed by atoms with Gasteiger partial charge in [0.25, 0.3) is 5.91 Å². The van der Waals surface area contributed by atoms with Crippen LogP contribution in [-0.4, -0.2) is 22.9 Å². The zero-order valence-electron chi connectivity index (χ0n) is 15.9. The van der Waals surface area contributed by atoms with E-state index in [1.54, 1.807) is 0 Å². The lowest BCUT2D eigenvalue weighted by Crippen LogP contribution is -2.36. The van der Waals surface area contributed by atoms with E-state index in [4.69, 9.17) is 5.73 Å². The summed E-state index contributed by atoms with van der Waals surface area (Å²) in [4.78, 5) is 38.0. The first kappa shape index (κ1) is 19.2. The van der Waals surface area contributed by atoms with Gasteiger partial charge in [0.1, 0.15) is 5.00 Å². The number of nitrogens with one attached hydrogen (secondary N) is 1. The number of thiophene rings is 1. The average molecular weight is 403 g/mol. The number of carbonyl (C=O) groups is 3. The number of rotatable bonds is 6. The zero-order chi connectivity index (χ0) is 20.0. The highest BCUT2D eigenvalue weighted by atomic mass is 32.1. The van der Waals surface area contributed by atoms with Crippen LogP contribution in [0.25, 0.3) is 0 Å². The predicted octanol–water partition coefficient (Wildman–Crippen LogP) is 3.21. The van der Waals surface area contributed by atoms with Crippen LogP contribution in [0.1, 0.15) is 53.4 Å². The maximum Gasteiger partial charge on any atom is 0.307 e. The van der Waals surface area contributed by atoms with Gasteiger partial charge in [-0.25, -0.2) is 0 Å². The van der Waals surface area contributed by atoms with Crippen molar-refractivity contribution in [1.29, 1.82) is 0 Å². The van der Waals surface area contributed by atoms with Crippen molar-refractivity contribution in [1.82, 2.24) is 0 Å². The van der Waals surface area contributed by atoms with E-state index in [2.05, 4.69) is 12.2 Å². The molecule has 3 aliphatic carbocycles. The van der Waals surface area contributed by atoms with E-state index in [1.807, 2.05) is 12.2 Å².